The third-order valence-corrected chi connectivity index (χ3v) is 5.73. The molecular formula is C21H26ClNOS. The van der Waals surface area contributed by atoms with Crippen molar-refractivity contribution in [1.29, 1.82) is 0 Å². The summed E-state index contributed by atoms with van der Waals surface area (Å²) >= 11 is 7.83. The van der Waals surface area contributed by atoms with Gasteiger partial charge in [0.25, 0.3) is 0 Å². The molecule has 1 fully saturated rings. The molecule has 1 heterocycles. The summed E-state index contributed by atoms with van der Waals surface area (Å²) in [5, 5.41) is 0.829. The molecule has 3 rings (SSSR count). The van der Waals surface area contributed by atoms with Crippen LogP contribution in [0.1, 0.15) is 18.4 Å². The Hall–Kier alpha value is -1.16. The van der Waals surface area contributed by atoms with Crippen LogP contribution in [-0.2, 0) is 6.42 Å². The molecule has 0 amide bonds. The van der Waals surface area contributed by atoms with E-state index in [2.05, 4.69) is 47.6 Å². The topological polar surface area (TPSA) is 12.5 Å². The average molecular weight is 376 g/mol. The molecule has 0 aromatic heterocycles. The summed E-state index contributed by atoms with van der Waals surface area (Å²) in [5.74, 6) is 1.60. The van der Waals surface area contributed by atoms with E-state index < -0.39 is 0 Å². The van der Waals surface area contributed by atoms with Crippen LogP contribution < -0.4 is 4.74 Å². The van der Waals surface area contributed by atoms with Gasteiger partial charge in [-0.15, -0.1) is 11.8 Å². The minimum Gasteiger partial charge on any atom is -0.493 e. The van der Waals surface area contributed by atoms with Gasteiger partial charge in [0, 0.05) is 28.9 Å². The number of likely N-dealkylation sites (tertiary alicyclic amines) is 1. The molecule has 0 aliphatic carbocycles. The zero-order chi connectivity index (χ0) is 17.5. The van der Waals surface area contributed by atoms with E-state index in [4.69, 9.17) is 16.3 Å². The van der Waals surface area contributed by atoms with Crippen molar-refractivity contribution in [2.75, 3.05) is 32.5 Å². The highest BCUT2D eigenvalue weighted by Gasteiger charge is 2.20. The lowest BCUT2D eigenvalue weighted by Crippen LogP contribution is -2.38. The van der Waals surface area contributed by atoms with Crippen molar-refractivity contribution in [3.05, 3.63) is 59.1 Å². The molecule has 0 N–H and O–H groups in total. The van der Waals surface area contributed by atoms with Gasteiger partial charge in [0.2, 0.25) is 0 Å². The van der Waals surface area contributed by atoms with Crippen LogP contribution in [0, 0.1) is 5.92 Å². The maximum Gasteiger partial charge on any atom is 0.119 e. The summed E-state index contributed by atoms with van der Waals surface area (Å²) < 4.78 is 6.02. The molecule has 134 valence electrons. The normalized spacial score (nSPS) is 18.2. The molecule has 1 atom stereocenters. The summed E-state index contributed by atoms with van der Waals surface area (Å²) in [4.78, 5) is 3.84. The van der Waals surface area contributed by atoms with Crippen LogP contribution in [0.2, 0.25) is 5.02 Å². The predicted molar refractivity (Wildman–Crippen MR) is 108 cm³/mol. The summed E-state index contributed by atoms with van der Waals surface area (Å²) in [6, 6.07) is 16.6. The molecule has 25 heavy (non-hydrogen) atoms. The first-order chi connectivity index (χ1) is 12.2. The SMILES string of the molecule is CSc1ccc(OCC2CCCN(CCc3cccc(Cl)c3)C2)cc1. The van der Waals surface area contributed by atoms with E-state index in [1.165, 1.54) is 29.8 Å². The number of nitrogens with zero attached hydrogens (tertiary/aromatic N) is 1. The van der Waals surface area contributed by atoms with Crippen molar-refractivity contribution in [1.82, 2.24) is 4.90 Å². The number of piperidine rings is 1. The van der Waals surface area contributed by atoms with E-state index in [0.717, 1.165) is 36.9 Å². The van der Waals surface area contributed by atoms with Gasteiger partial charge in [-0.3, -0.25) is 0 Å². The van der Waals surface area contributed by atoms with Crippen LogP contribution in [0.5, 0.6) is 5.75 Å². The minimum atomic E-state index is 0.619. The maximum atomic E-state index is 6.08. The molecule has 1 aliphatic rings. The number of ether oxygens (including phenoxy) is 1. The van der Waals surface area contributed by atoms with Gasteiger partial charge >= 0.3 is 0 Å². The fourth-order valence-electron chi connectivity index (χ4n) is 3.36. The smallest absolute Gasteiger partial charge is 0.119 e. The lowest BCUT2D eigenvalue weighted by molar-refractivity contribution is 0.131. The summed E-state index contributed by atoms with van der Waals surface area (Å²) in [6.45, 7) is 4.23. The molecule has 0 bridgehead atoms. The Kier molecular flexibility index (Phi) is 7.09. The highest BCUT2D eigenvalue weighted by atomic mass is 35.5. The van der Waals surface area contributed by atoms with Crippen LogP contribution in [0.4, 0.5) is 0 Å². The third-order valence-electron chi connectivity index (χ3n) is 4.75. The molecule has 0 radical (unpaired) electrons. The molecule has 2 aromatic rings. The van der Waals surface area contributed by atoms with Crippen molar-refractivity contribution in [3.63, 3.8) is 0 Å². The molecule has 1 aliphatic heterocycles. The van der Waals surface area contributed by atoms with Gasteiger partial charge in [-0.2, -0.15) is 0 Å². The fraction of sp³-hybridized carbons (Fsp3) is 0.429. The largest absolute Gasteiger partial charge is 0.493 e. The average Bonchev–Trinajstić information content (AvgIpc) is 2.65. The molecular weight excluding hydrogens is 350 g/mol. The second-order valence-electron chi connectivity index (χ2n) is 6.68. The highest BCUT2D eigenvalue weighted by Crippen LogP contribution is 2.22. The first-order valence-electron chi connectivity index (χ1n) is 8.96. The third kappa shape index (κ3) is 5.95. The van der Waals surface area contributed by atoms with E-state index in [0.29, 0.717) is 5.92 Å². The van der Waals surface area contributed by atoms with Crippen molar-refractivity contribution < 1.29 is 4.74 Å². The van der Waals surface area contributed by atoms with Gasteiger partial charge in [-0.25, -0.2) is 0 Å². The Bertz CT molecular complexity index is 661. The van der Waals surface area contributed by atoms with E-state index in [-0.39, 0.29) is 0 Å². The summed E-state index contributed by atoms with van der Waals surface area (Å²) in [5.41, 5.74) is 1.32. The summed E-state index contributed by atoms with van der Waals surface area (Å²) in [6.07, 6.45) is 5.67. The molecule has 1 unspecified atom stereocenters. The van der Waals surface area contributed by atoms with Gasteiger partial charge in [0.05, 0.1) is 6.61 Å². The first kappa shape index (κ1) is 18.6. The molecule has 1 saturated heterocycles. The van der Waals surface area contributed by atoms with Gasteiger partial charge in [-0.05, 0) is 74.0 Å². The monoisotopic (exact) mass is 375 g/mol. The zero-order valence-corrected chi connectivity index (χ0v) is 16.4. The Balaban J connectivity index is 1.44. The standard InChI is InChI=1S/C21H26ClNOS/c1-25-21-9-7-20(8-10-21)24-16-18-5-3-12-23(15-18)13-11-17-4-2-6-19(22)14-17/h2,4,6-10,14,18H,3,5,11-13,15-16H2,1H3. The Morgan fingerprint density at radius 3 is 2.80 bits per heavy atom. The van der Waals surface area contributed by atoms with Gasteiger partial charge < -0.3 is 9.64 Å². The Morgan fingerprint density at radius 2 is 2.04 bits per heavy atom. The van der Waals surface area contributed by atoms with Gasteiger partial charge in [0.1, 0.15) is 5.75 Å². The number of rotatable bonds is 7. The second-order valence-corrected chi connectivity index (χ2v) is 7.99. The number of benzene rings is 2. The molecule has 0 spiro atoms. The van der Waals surface area contributed by atoms with E-state index >= 15 is 0 Å². The quantitative estimate of drug-likeness (QED) is 0.601. The van der Waals surface area contributed by atoms with E-state index in [1.807, 2.05) is 12.1 Å². The van der Waals surface area contributed by atoms with Crippen LogP contribution in [0.25, 0.3) is 0 Å². The molecule has 2 nitrogen and oxygen atoms in total. The second kappa shape index (κ2) is 9.51. The van der Waals surface area contributed by atoms with Crippen LogP contribution in [0.3, 0.4) is 0 Å². The molecule has 2 aromatic carbocycles. The number of hydrogen-bond acceptors (Lipinski definition) is 3. The maximum absolute atomic E-state index is 6.08. The van der Waals surface area contributed by atoms with Gasteiger partial charge in [-0.1, -0.05) is 23.7 Å². The molecule has 4 heteroatoms. The fourth-order valence-corrected chi connectivity index (χ4v) is 3.98. The van der Waals surface area contributed by atoms with Crippen molar-refractivity contribution >= 4 is 23.4 Å². The Labute approximate surface area is 160 Å². The zero-order valence-electron chi connectivity index (χ0n) is 14.8. The van der Waals surface area contributed by atoms with Crippen LogP contribution >= 0.6 is 23.4 Å². The lowest BCUT2D eigenvalue weighted by Gasteiger charge is -2.32. The first-order valence-corrected chi connectivity index (χ1v) is 10.6. The molecule has 0 saturated carbocycles. The van der Waals surface area contributed by atoms with Gasteiger partial charge in [0.15, 0.2) is 0 Å². The number of hydrogen-bond donors (Lipinski definition) is 0. The van der Waals surface area contributed by atoms with Crippen molar-refractivity contribution in [2.45, 2.75) is 24.2 Å². The van der Waals surface area contributed by atoms with Crippen LogP contribution in [-0.4, -0.2) is 37.4 Å². The lowest BCUT2D eigenvalue weighted by atomic mass is 9.98. The minimum absolute atomic E-state index is 0.619. The highest BCUT2D eigenvalue weighted by molar-refractivity contribution is 7.98. The van der Waals surface area contributed by atoms with E-state index in [1.54, 1.807) is 11.8 Å². The van der Waals surface area contributed by atoms with Crippen molar-refractivity contribution in [2.24, 2.45) is 5.92 Å². The predicted octanol–water partition coefficient (Wildman–Crippen LogP) is 5.40. The van der Waals surface area contributed by atoms with Crippen LogP contribution in [0.15, 0.2) is 53.4 Å². The summed E-state index contributed by atoms with van der Waals surface area (Å²) in [7, 11) is 0. The van der Waals surface area contributed by atoms with Crippen molar-refractivity contribution in [3.8, 4) is 5.75 Å². The van der Waals surface area contributed by atoms with E-state index in [9.17, 15) is 0 Å². The number of halogens is 1. The number of thioether (sulfide) groups is 1. The Morgan fingerprint density at radius 1 is 1.20 bits per heavy atom.